The summed E-state index contributed by atoms with van der Waals surface area (Å²) >= 11 is 0. The Bertz CT molecular complexity index is 383. The summed E-state index contributed by atoms with van der Waals surface area (Å²) in [5.41, 5.74) is 0.524. The lowest BCUT2D eigenvalue weighted by atomic mass is 10.1. The molecule has 0 N–H and O–H groups in total. The summed E-state index contributed by atoms with van der Waals surface area (Å²) in [6.07, 6.45) is 2.57. The maximum absolute atomic E-state index is 11.0. The van der Waals surface area contributed by atoms with Gasteiger partial charge in [0.1, 0.15) is 6.10 Å². The van der Waals surface area contributed by atoms with Gasteiger partial charge in [0.05, 0.1) is 25.9 Å². The lowest BCUT2D eigenvalue weighted by Crippen LogP contribution is -2.26. The van der Waals surface area contributed by atoms with Crippen LogP contribution in [-0.2, 0) is 4.74 Å². The summed E-state index contributed by atoms with van der Waals surface area (Å²) in [5.74, 6) is 1.14. The van der Waals surface area contributed by atoms with Crippen LogP contribution in [0.2, 0.25) is 0 Å². The molecule has 0 spiro atoms. The standard InChI is InChI=1S/C13H16O4/c1-15-12-4-2-3-10(9-14)13(12)17-11-5-7-16-8-6-11/h2-4,9,11H,5-8H2,1H3. The van der Waals surface area contributed by atoms with Gasteiger partial charge in [-0.1, -0.05) is 6.07 Å². The van der Waals surface area contributed by atoms with Crippen LogP contribution in [0.5, 0.6) is 11.5 Å². The number of carbonyl (C=O) groups excluding carboxylic acids is 1. The van der Waals surface area contributed by atoms with Crippen molar-refractivity contribution in [3.63, 3.8) is 0 Å². The minimum atomic E-state index is 0.0961. The molecule has 4 heteroatoms. The van der Waals surface area contributed by atoms with Gasteiger partial charge in [-0.2, -0.15) is 0 Å². The van der Waals surface area contributed by atoms with Crippen molar-refractivity contribution in [2.45, 2.75) is 18.9 Å². The molecule has 1 saturated heterocycles. The molecule has 0 saturated carbocycles. The van der Waals surface area contributed by atoms with E-state index in [9.17, 15) is 4.79 Å². The van der Waals surface area contributed by atoms with Crippen LogP contribution in [0.25, 0.3) is 0 Å². The molecule has 1 aromatic rings. The molecule has 0 unspecified atom stereocenters. The molecule has 4 nitrogen and oxygen atoms in total. The second-order valence-electron chi connectivity index (χ2n) is 3.93. The second kappa shape index (κ2) is 5.68. The molecule has 0 aliphatic carbocycles. The van der Waals surface area contributed by atoms with Crippen LogP contribution in [0.1, 0.15) is 23.2 Å². The molecule has 1 fully saturated rings. The predicted octanol–water partition coefficient (Wildman–Crippen LogP) is 2.07. The van der Waals surface area contributed by atoms with Crippen molar-refractivity contribution >= 4 is 6.29 Å². The average molecular weight is 236 g/mol. The first-order chi connectivity index (χ1) is 8.35. The fraction of sp³-hybridized carbons (Fsp3) is 0.462. The molecular weight excluding hydrogens is 220 g/mol. The Morgan fingerprint density at radius 2 is 2.12 bits per heavy atom. The van der Waals surface area contributed by atoms with E-state index < -0.39 is 0 Å². The molecule has 17 heavy (non-hydrogen) atoms. The zero-order chi connectivity index (χ0) is 12.1. The maximum Gasteiger partial charge on any atom is 0.172 e. The largest absolute Gasteiger partial charge is 0.493 e. The molecular formula is C13H16O4. The van der Waals surface area contributed by atoms with Gasteiger partial charge in [0.25, 0.3) is 0 Å². The number of para-hydroxylation sites is 1. The molecule has 1 heterocycles. The van der Waals surface area contributed by atoms with E-state index in [0.717, 1.165) is 19.1 Å². The van der Waals surface area contributed by atoms with Gasteiger partial charge in [0, 0.05) is 12.8 Å². The Morgan fingerprint density at radius 3 is 2.76 bits per heavy atom. The molecule has 0 bridgehead atoms. The lowest BCUT2D eigenvalue weighted by Gasteiger charge is -2.24. The van der Waals surface area contributed by atoms with E-state index in [1.54, 1.807) is 25.3 Å². The topological polar surface area (TPSA) is 44.8 Å². The number of rotatable bonds is 4. The Hall–Kier alpha value is -1.55. The minimum Gasteiger partial charge on any atom is -0.493 e. The smallest absolute Gasteiger partial charge is 0.172 e. The highest BCUT2D eigenvalue weighted by Gasteiger charge is 2.19. The summed E-state index contributed by atoms with van der Waals surface area (Å²) in [6.45, 7) is 1.41. The van der Waals surface area contributed by atoms with E-state index in [0.29, 0.717) is 30.3 Å². The highest BCUT2D eigenvalue weighted by Crippen LogP contribution is 2.32. The third kappa shape index (κ3) is 2.77. The van der Waals surface area contributed by atoms with Gasteiger partial charge < -0.3 is 14.2 Å². The first-order valence-corrected chi connectivity index (χ1v) is 5.71. The number of ether oxygens (including phenoxy) is 3. The summed E-state index contributed by atoms with van der Waals surface area (Å²) in [7, 11) is 1.57. The van der Waals surface area contributed by atoms with E-state index >= 15 is 0 Å². The van der Waals surface area contributed by atoms with E-state index in [1.807, 2.05) is 0 Å². The van der Waals surface area contributed by atoms with Gasteiger partial charge in [0.2, 0.25) is 0 Å². The van der Waals surface area contributed by atoms with Crippen molar-refractivity contribution in [1.29, 1.82) is 0 Å². The molecule has 0 amide bonds. The van der Waals surface area contributed by atoms with Crippen molar-refractivity contribution in [2.75, 3.05) is 20.3 Å². The lowest BCUT2D eigenvalue weighted by molar-refractivity contribution is 0.0243. The summed E-state index contributed by atoms with van der Waals surface area (Å²) in [6, 6.07) is 5.30. The Labute approximate surface area is 100 Å². The molecule has 0 radical (unpaired) electrons. The summed E-state index contributed by atoms with van der Waals surface area (Å²) in [5, 5.41) is 0. The third-order valence-corrected chi connectivity index (χ3v) is 2.81. The average Bonchev–Trinajstić information content (AvgIpc) is 2.40. The third-order valence-electron chi connectivity index (χ3n) is 2.81. The molecule has 1 aliphatic rings. The molecule has 0 atom stereocenters. The van der Waals surface area contributed by atoms with Gasteiger partial charge in [-0.05, 0) is 12.1 Å². The van der Waals surface area contributed by atoms with Crippen LogP contribution < -0.4 is 9.47 Å². The number of aldehydes is 1. The van der Waals surface area contributed by atoms with Crippen LogP contribution in [0.15, 0.2) is 18.2 Å². The van der Waals surface area contributed by atoms with E-state index in [2.05, 4.69) is 0 Å². The first kappa shape index (κ1) is 11.9. The Morgan fingerprint density at radius 1 is 1.35 bits per heavy atom. The van der Waals surface area contributed by atoms with Gasteiger partial charge in [-0.3, -0.25) is 4.79 Å². The zero-order valence-corrected chi connectivity index (χ0v) is 9.85. The molecule has 0 aromatic heterocycles. The van der Waals surface area contributed by atoms with Crippen molar-refractivity contribution in [1.82, 2.24) is 0 Å². The van der Waals surface area contributed by atoms with Crippen LogP contribution in [-0.4, -0.2) is 32.7 Å². The van der Waals surface area contributed by atoms with Crippen LogP contribution in [0.3, 0.4) is 0 Å². The Balaban J connectivity index is 2.19. The van der Waals surface area contributed by atoms with Gasteiger partial charge in [-0.15, -0.1) is 0 Å². The monoisotopic (exact) mass is 236 g/mol. The molecule has 1 aromatic carbocycles. The van der Waals surface area contributed by atoms with E-state index in [1.165, 1.54) is 0 Å². The van der Waals surface area contributed by atoms with Crippen LogP contribution in [0, 0.1) is 0 Å². The highest BCUT2D eigenvalue weighted by atomic mass is 16.5. The number of hydrogen-bond donors (Lipinski definition) is 0. The van der Waals surface area contributed by atoms with Crippen molar-refractivity contribution in [2.24, 2.45) is 0 Å². The SMILES string of the molecule is COc1cccc(C=O)c1OC1CCOCC1. The van der Waals surface area contributed by atoms with E-state index in [-0.39, 0.29) is 6.10 Å². The normalized spacial score (nSPS) is 16.5. The van der Waals surface area contributed by atoms with Crippen molar-refractivity contribution < 1.29 is 19.0 Å². The summed E-state index contributed by atoms with van der Waals surface area (Å²) in [4.78, 5) is 11.0. The second-order valence-corrected chi connectivity index (χ2v) is 3.93. The Kier molecular flexibility index (Phi) is 3.98. The fourth-order valence-corrected chi connectivity index (χ4v) is 1.87. The highest BCUT2D eigenvalue weighted by molar-refractivity contribution is 5.81. The summed E-state index contributed by atoms with van der Waals surface area (Å²) < 4.78 is 16.3. The predicted molar refractivity (Wildman–Crippen MR) is 62.9 cm³/mol. The van der Waals surface area contributed by atoms with Gasteiger partial charge in [-0.25, -0.2) is 0 Å². The number of methoxy groups -OCH3 is 1. The number of carbonyl (C=O) groups is 1. The molecule has 1 aliphatic heterocycles. The zero-order valence-electron chi connectivity index (χ0n) is 9.85. The van der Waals surface area contributed by atoms with Crippen LogP contribution >= 0.6 is 0 Å². The van der Waals surface area contributed by atoms with Crippen molar-refractivity contribution in [3.8, 4) is 11.5 Å². The fourth-order valence-electron chi connectivity index (χ4n) is 1.87. The maximum atomic E-state index is 11.0. The molecule has 2 rings (SSSR count). The number of benzene rings is 1. The minimum absolute atomic E-state index is 0.0961. The number of hydrogen-bond acceptors (Lipinski definition) is 4. The quantitative estimate of drug-likeness (QED) is 0.751. The van der Waals surface area contributed by atoms with E-state index in [4.69, 9.17) is 14.2 Å². The van der Waals surface area contributed by atoms with Crippen LogP contribution in [0.4, 0.5) is 0 Å². The van der Waals surface area contributed by atoms with Gasteiger partial charge in [0.15, 0.2) is 17.8 Å². The van der Waals surface area contributed by atoms with Gasteiger partial charge >= 0.3 is 0 Å². The first-order valence-electron chi connectivity index (χ1n) is 5.71. The molecule has 92 valence electrons. The van der Waals surface area contributed by atoms with Crippen molar-refractivity contribution in [3.05, 3.63) is 23.8 Å².